The van der Waals surface area contributed by atoms with Crippen molar-refractivity contribution < 1.29 is 0 Å². The number of nitrogens with one attached hydrogen (secondary N) is 1. The molecule has 3 heteroatoms. The minimum Gasteiger partial charge on any atom is -0.342 e. The Morgan fingerprint density at radius 3 is 2.67 bits per heavy atom. The van der Waals surface area contributed by atoms with E-state index in [1.165, 1.54) is 16.6 Å². The van der Waals surface area contributed by atoms with Crippen LogP contribution in [0.15, 0.2) is 12.1 Å². The number of aryl methyl sites for hydroxylation is 2. The smallest absolute Gasteiger partial charge is 0.110 e. The van der Waals surface area contributed by atoms with Crippen molar-refractivity contribution in [3.63, 3.8) is 0 Å². The molecule has 3 atom stereocenters. The van der Waals surface area contributed by atoms with Crippen LogP contribution >= 0.6 is 0 Å². The van der Waals surface area contributed by atoms with Gasteiger partial charge < -0.3 is 10.7 Å². The summed E-state index contributed by atoms with van der Waals surface area (Å²) in [6, 6.07) is 4.71. The van der Waals surface area contributed by atoms with Crippen molar-refractivity contribution in [1.29, 1.82) is 0 Å². The van der Waals surface area contributed by atoms with Gasteiger partial charge in [-0.2, -0.15) is 0 Å². The summed E-state index contributed by atoms with van der Waals surface area (Å²) in [7, 11) is 0. The summed E-state index contributed by atoms with van der Waals surface area (Å²) in [5.41, 5.74) is 11.3. The summed E-state index contributed by atoms with van der Waals surface area (Å²) >= 11 is 0. The Morgan fingerprint density at radius 1 is 1.24 bits per heavy atom. The van der Waals surface area contributed by atoms with E-state index in [9.17, 15) is 0 Å². The minimum atomic E-state index is 0.175. The van der Waals surface area contributed by atoms with E-state index < -0.39 is 0 Å². The van der Waals surface area contributed by atoms with Gasteiger partial charge in [0.05, 0.1) is 11.0 Å². The molecular weight excluding hydrogens is 258 g/mol. The fourth-order valence-electron chi connectivity index (χ4n) is 3.99. The van der Waals surface area contributed by atoms with Crippen LogP contribution in [0.25, 0.3) is 11.0 Å². The highest BCUT2D eigenvalue weighted by molar-refractivity contribution is 5.79. The number of nitrogens with two attached hydrogens (primary N) is 1. The van der Waals surface area contributed by atoms with Gasteiger partial charge in [0.1, 0.15) is 5.82 Å². The molecule has 3 unspecified atom stereocenters. The number of benzene rings is 1. The van der Waals surface area contributed by atoms with E-state index >= 15 is 0 Å². The van der Waals surface area contributed by atoms with E-state index in [2.05, 4.69) is 51.7 Å². The lowest BCUT2D eigenvalue weighted by Crippen LogP contribution is -2.46. The number of H-pyrrole nitrogens is 1. The van der Waals surface area contributed by atoms with Gasteiger partial charge in [-0.1, -0.05) is 26.8 Å². The molecule has 2 aromatic rings. The fraction of sp³-hybridized carbons (Fsp3) is 0.611. The summed E-state index contributed by atoms with van der Waals surface area (Å²) in [4.78, 5) is 8.52. The Morgan fingerprint density at radius 2 is 1.95 bits per heavy atom. The zero-order valence-electron chi connectivity index (χ0n) is 13.8. The van der Waals surface area contributed by atoms with Gasteiger partial charge in [-0.05, 0) is 55.2 Å². The van der Waals surface area contributed by atoms with Gasteiger partial charge in [0.25, 0.3) is 0 Å². The van der Waals surface area contributed by atoms with Crippen LogP contribution in [0.2, 0.25) is 0 Å². The molecule has 0 radical (unpaired) electrons. The standard InChI is InChI=1S/C18H27N3/c1-10-8-11(2)16-15(9-10)20-17(21-16)13-6-7-14(19)12(3)18(13,4)5/h8-9,12-14H,6-7,19H2,1-5H3,(H,20,21). The first-order valence-corrected chi connectivity index (χ1v) is 8.03. The maximum absolute atomic E-state index is 6.28. The summed E-state index contributed by atoms with van der Waals surface area (Å²) in [5, 5.41) is 0. The number of aromatic nitrogens is 2. The Hall–Kier alpha value is -1.35. The molecular formula is C18H27N3. The van der Waals surface area contributed by atoms with E-state index in [1.807, 2.05) is 0 Å². The lowest BCUT2D eigenvalue weighted by Gasteiger charge is -2.46. The zero-order chi connectivity index (χ0) is 15.4. The highest BCUT2D eigenvalue weighted by Crippen LogP contribution is 2.49. The van der Waals surface area contributed by atoms with Crippen LogP contribution in [0.5, 0.6) is 0 Å². The molecule has 0 spiro atoms. The second kappa shape index (κ2) is 4.84. The van der Waals surface area contributed by atoms with Crippen molar-refractivity contribution >= 4 is 11.0 Å². The molecule has 1 aliphatic carbocycles. The average Bonchev–Trinajstić information content (AvgIpc) is 2.79. The third kappa shape index (κ3) is 2.28. The van der Waals surface area contributed by atoms with Crippen molar-refractivity contribution in [3.05, 3.63) is 29.1 Å². The first-order valence-electron chi connectivity index (χ1n) is 8.03. The number of hydrogen-bond donors (Lipinski definition) is 2. The lowest BCUT2D eigenvalue weighted by molar-refractivity contribution is 0.0954. The van der Waals surface area contributed by atoms with Gasteiger partial charge in [-0.3, -0.25) is 0 Å². The molecule has 1 aliphatic rings. The second-order valence-electron chi connectivity index (χ2n) is 7.50. The first-order chi connectivity index (χ1) is 9.80. The Balaban J connectivity index is 2.06. The monoisotopic (exact) mass is 285 g/mol. The van der Waals surface area contributed by atoms with Crippen molar-refractivity contribution in [3.8, 4) is 0 Å². The van der Waals surface area contributed by atoms with Crippen molar-refractivity contribution in [2.45, 2.75) is 59.4 Å². The molecule has 1 aromatic carbocycles. The molecule has 3 N–H and O–H groups in total. The van der Waals surface area contributed by atoms with E-state index in [4.69, 9.17) is 10.7 Å². The van der Waals surface area contributed by atoms with Crippen LogP contribution in [0.4, 0.5) is 0 Å². The highest BCUT2D eigenvalue weighted by Gasteiger charge is 2.43. The molecule has 21 heavy (non-hydrogen) atoms. The molecule has 1 aromatic heterocycles. The van der Waals surface area contributed by atoms with Crippen LogP contribution in [0.1, 0.15) is 56.5 Å². The van der Waals surface area contributed by atoms with Gasteiger partial charge in [-0.15, -0.1) is 0 Å². The maximum Gasteiger partial charge on any atom is 0.110 e. The van der Waals surface area contributed by atoms with Gasteiger partial charge in [0.15, 0.2) is 0 Å². The first kappa shape index (κ1) is 14.6. The predicted molar refractivity (Wildman–Crippen MR) is 88.5 cm³/mol. The van der Waals surface area contributed by atoms with E-state index in [0.29, 0.717) is 17.9 Å². The fourth-order valence-corrected chi connectivity index (χ4v) is 3.99. The topological polar surface area (TPSA) is 54.7 Å². The van der Waals surface area contributed by atoms with Gasteiger partial charge >= 0.3 is 0 Å². The quantitative estimate of drug-likeness (QED) is 0.830. The summed E-state index contributed by atoms with van der Waals surface area (Å²) in [6.07, 6.45) is 2.21. The molecule has 3 rings (SSSR count). The third-order valence-electron chi connectivity index (χ3n) is 5.77. The normalized spacial score (nSPS) is 29.0. The van der Waals surface area contributed by atoms with Gasteiger partial charge in [0, 0.05) is 12.0 Å². The van der Waals surface area contributed by atoms with Crippen LogP contribution in [0.3, 0.4) is 0 Å². The Labute approximate surface area is 127 Å². The maximum atomic E-state index is 6.28. The molecule has 1 saturated carbocycles. The number of aromatic amines is 1. The minimum absolute atomic E-state index is 0.175. The van der Waals surface area contributed by atoms with E-state index in [0.717, 1.165) is 24.2 Å². The largest absolute Gasteiger partial charge is 0.342 e. The van der Waals surface area contributed by atoms with Crippen LogP contribution in [-0.4, -0.2) is 16.0 Å². The SMILES string of the molecule is Cc1cc(C)c2nc(C3CCC(N)C(C)C3(C)C)[nH]c2c1. The van der Waals surface area contributed by atoms with E-state index in [-0.39, 0.29) is 5.41 Å². The number of imidazole rings is 1. The zero-order valence-corrected chi connectivity index (χ0v) is 13.8. The van der Waals surface area contributed by atoms with Crippen LogP contribution in [0, 0.1) is 25.2 Å². The molecule has 1 fully saturated rings. The Bertz CT molecular complexity index is 668. The number of nitrogens with zero attached hydrogens (tertiary/aromatic N) is 1. The van der Waals surface area contributed by atoms with E-state index in [1.54, 1.807) is 0 Å². The summed E-state index contributed by atoms with van der Waals surface area (Å²) < 4.78 is 0. The second-order valence-corrected chi connectivity index (χ2v) is 7.50. The molecule has 1 heterocycles. The number of fused-ring (bicyclic) bond motifs is 1. The molecule has 0 saturated heterocycles. The third-order valence-corrected chi connectivity index (χ3v) is 5.77. The van der Waals surface area contributed by atoms with Gasteiger partial charge in [-0.25, -0.2) is 4.98 Å². The molecule has 3 nitrogen and oxygen atoms in total. The van der Waals surface area contributed by atoms with Gasteiger partial charge in [0.2, 0.25) is 0 Å². The summed E-state index contributed by atoms with van der Waals surface area (Å²) in [6.45, 7) is 11.2. The number of rotatable bonds is 1. The predicted octanol–water partition coefficient (Wildman–Crippen LogP) is 4.05. The molecule has 0 amide bonds. The van der Waals surface area contributed by atoms with Crippen LogP contribution < -0.4 is 5.73 Å². The van der Waals surface area contributed by atoms with Crippen molar-refractivity contribution in [2.24, 2.45) is 17.1 Å². The van der Waals surface area contributed by atoms with Crippen LogP contribution in [-0.2, 0) is 0 Å². The molecule has 114 valence electrons. The average molecular weight is 285 g/mol. The summed E-state index contributed by atoms with van der Waals surface area (Å²) in [5.74, 6) is 2.11. The van der Waals surface area contributed by atoms with Crippen molar-refractivity contribution in [2.75, 3.05) is 0 Å². The lowest BCUT2D eigenvalue weighted by atomic mass is 9.61. The Kier molecular flexibility index (Phi) is 3.36. The molecule has 0 bridgehead atoms. The highest BCUT2D eigenvalue weighted by atomic mass is 14.9. The molecule has 0 aliphatic heterocycles. The number of hydrogen-bond acceptors (Lipinski definition) is 2. The van der Waals surface area contributed by atoms with Crippen molar-refractivity contribution in [1.82, 2.24) is 9.97 Å².